The van der Waals surface area contributed by atoms with Crippen LogP contribution in [-0.4, -0.2) is 4.98 Å². The number of rotatable bonds is 1. The maximum absolute atomic E-state index is 12.5. The fourth-order valence-electron chi connectivity index (χ4n) is 2.44. The highest BCUT2D eigenvalue weighted by atomic mass is 32.1. The minimum Gasteiger partial charge on any atom is -0.321 e. The van der Waals surface area contributed by atoms with Gasteiger partial charge in [0.05, 0.1) is 5.54 Å². The molecule has 1 fully saturated rings. The predicted molar refractivity (Wildman–Crippen MR) is 60.6 cm³/mol. The molecular weight excluding hydrogens is 249 g/mol. The van der Waals surface area contributed by atoms with Crippen molar-refractivity contribution in [1.29, 1.82) is 0 Å². The third-order valence-corrected chi connectivity index (χ3v) is 4.54. The quantitative estimate of drug-likeness (QED) is 0.842. The van der Waals surface area contributed by atoms with Crippen molar-refractivity contribution in [2.24, 2.45) is 11.1 Å². The molecule has 0 saturated heterocycles. The van der Waals surface area contributed by atoms with Gasteiger partial charge in [-0.2, -0.15) is 13.2 Å². The molecule has 1 saturated carbocycles. The molecule has 0 bridgehead atoms. The van der Waals surface area contributed by atoms with E-state index in [0.29, 0.717) is 22.6 Å². The van der Waals surface area contributed by atoms with Gasteiger partial charge in [0.15, 0.2) is 5.01 Å². The molecule has 2 N–H and O–H groups in total. The Morgan fingerprint density at radius 1 is 1.35 bits per heavy atom. The lowest BCUT2D eigenvalue weighted by atomic mass is 9.88. The summed E-state index contributed by atoms with van der Waals surface area (Å²) in [5, 5.41) is -0.804. The molecule has 0 spiro atoms. The number of alkyl halides is 3. The van der Waals surface area contributed by atoms with Gasteiger partial charge in [0.1, 0.15) is 0 Å². The lowest BCUT2D eigenvalue weighted by molar-refractivity contribution is -0.137. The van der Waals surface area contributed by atoms with Crippen LogP contribution in [0.2, 0.25) is 0 Å². The van der Waals surface area contributed by atoms with Gasteiger partial charge >= 0.3 is 6.18 Å². The van der Waals surface area contributed by atoms with Crippen LogP contribution in [0.15, 0.2) is 6.20 Å². The molecule has 0 aliphatic heterocycles. The smallest absolute Gasteiger partial charge is 0.321 e. The van der Waals surface area contributed by atoms with Crippen molar-refractivity contribution in [3.63, 3.8) is 0 Å². The largest absolute Gasteiger partial charge is 0.443 e. The van der Waals surface area contributed by atoms with Gasteiger partial charge in [-0.25, -0.2) is 4.98 Å². The SMILES string of the molecule is CC1(C)CCC(N)(c2cnc(C(F)(F)F)s2)C1. The molecule has 2 rings (SSSR count). The Kier molecular flexibility index (Phi) is 2.78. The van der Waals surface area contributed by atoms with E-state index in [4.69, 9.17) is 5.73 Å². The Hall–Kier alpha value is -0.620. The molecule has 0 aromatic carbocycles. The second-order valence-electron chi connectivity index (χ2n) is 5.52. The Balaban J connectivity index is 2.27. The molecule has 0 amide bonds. The van der Waals surface area contributed by atoms with Crippen molar-refractivity contribution in [2.45, 2.75) is 44.8 Å². The van der Waals surface area contributed by atoms with E-state index < -0.39 is 16.7 Å². The third-order valence-electron chi connectivity index (χ3n) is 3.28. The van der Waals surface area contributed by atoms with E-state index in [1.165, 1.54) is 6.20 Å². The van der Waals surface area contributed by atoms with E-state index in [-0.39, 0.29) is 5.41 Å². The molecule has 1 aliphatic carbocycles. The van der Waals surface area contributed by atoms with Crippen molar-refractivity contribution in [3.05, 3.63) is 16.1 Å². The zero-order chi connectivity index (χ0) is 12.9. The molecule has 1 atom stereocenters. The standard InChI is InChI=1S/C11H15F3N2S/c1-9(2)3-4-10(15,6-9)7-5-16-8(17-7)11(12,13)14/h5H,3-4,6,15H2,1-2H3. The van der Waals surface area contributed by atoms with E-state index in [9.17, 15) is 13.2 Å². The molecule has 6 heteroatoms. The average molecular weight is 264 g/mol. The minimum absolute atomic E-state index is 0.0944. The van der Waals surface area contributed by atoms with Crippen LogP contribution in [0.5, 0.6) is 0 Å². The summed E-state index contributed by atoms with van der Waals surface area (Å²) in [6, 6.07) is 0. The molecule has 1 aliphatic rings. The summed E-state index contributed by atoms with van der Waals surface area (Å²) >= 11 is 0.676. The van der Waals surface area contributed by atoms with Crippen LogP contribution in [-0.2, 0) is 11.7 Å². The predicted octanol–water partition coefficient (Wildman–Crippen LogP) is 3.53. The number of hydrogen-bond donors (Lipinski definition) is 1. The van der Waals surface area contributed by atoms with Crippen LogP contribution < -0.4 is 5.73 Å². The number of hydrogen-bond acceptors (Lipinski definition) is 3. The third kappa shape index (κ3) is 2.47. The van der Waals surface area contributed by atoms with Crippen molar-refractivity contribution >= 4 is 11.3 Å². The number of halogens is 3. The minimum atomic E-state index is -4.37. The Morgan fingerprint density at radius 2 is 2.00 bits per heavy atom. The first kappa shape index (κ1) is 12.8. The average Bonchev–Trinajstić information content (AvgIpc) is 2.70. The fraction of sp³-hybridized carbons (Fsp3) is 0.727. The molecule has 1 aromatic heterocycles. The molecule has 0 radical (unpaired) electrons. The summed E-state index contributed by atoms with van der Waals surface area (Å²) in [5.41, 5.74) is 5.68. The van der Waals surface area contributed by atoms with Crippen LogP contribution in [0.1, 0.15) is 43.0 Å². The molecule has 2 nitrogen and oxygen atoms in total. The van der Waals surface area contributed by atoms with Crippen LogP contribution >= 0.6 is 11.3 Å². The highest BCUT2D eigenvalue weighted by Crippen LogP contribution is 2.49. The van der Waals surface area contributed by atoms with Crippen LogP contribution in [0.4, 0.5) is 13.2 Å². The summed E-state index contributed by atoms with van der Waals surface area (Å²) in [7, 11) is 0. The second-order valence-corrected chi connectivity index (χ2v) is 6.56. The van der Waals surface area contributed by atoms with Crippen molar-refractivity contribution in [3.8, 4) is 0 Å². The van der Waals surface area contributed by atoms with Gasteiger partial charge in [-0.1, -0.05) is 13.8 Å². The number of thiazole rings is 1. The molecule has 1 unspecified atom stereocenters. The van der Waals surface area contributed by atoms with Gasteiger partial charge < -0.3 is 5.73 Å². The first-order chi connectivity index (χ1) is 7.62. The van der Waals surface area contributed by atoms with E-state index in [1.54, 1.807) is 0 Å². The summed E-state index contributed by atoms with van der Waals surface area (Å²) in [4.78, 5) is 3.99. The number of nitrogens with two attached hydrogens (primary N) is 1. The van der Waals surface area contributed by atoms with Gasteiger partial charge in [0.2, 0.25) is 0 Å². The topological polar surface area (TPSA) is 38.9 Å². The number of nitrogens with zero attached hydrogens (tertiary/aromatic N) is 1. The molecule has 96 valence electrons. The van der Waals surface area contributed by atoms with Gasteiger partial charge in [0, 0.05) is 11.1 Å². The first-order valence-corrected chi connectivity index (χ1v) is 6.27. The monoisotopic (exact) mass is 264 g/mol. The molecule has 1 aromatic rings. The Morgan fingerprint density at radius 3 is 2.41 bits per heavy atom. The van der Waals surface area contributed by atoms with Gasteiger partial charge in [0.25, 0.3) is 0 Å². The maximum Gasteiger partial charge on any atom is 0.443 e. The Bertz CT molecular complexity index is 425. The van der Waals surface area contributed by atoms with Gasteiger partial charge in [-0.3, -0.25) is 0 Å². The van der Waals surface area contributed by atoms with E-state index in [1.807, 2.05) is 0 Å². The Labute approximate surface area is 102 Å². The van der Waals surface area contributed by atoms with Crippen LogP contribution in [0.25, 0.3) is 0 Å². The van der Waals surface area contributed by atoms with Gasteiger partial charge in [-0.05, 0) is 24.7 Å². The second kappa shape index (κ2) is 3.68. The highest BCUT2D eigenvalue weighted by Gasteiger charge is 2.44. The van der Waals surface area contributed by atoms with E-state index in [2.05, 4.69) is 18.8 Å². The first-order valence-electron chi connectivity index (χ1n) is 5.45. The fourth-order valence-corrected chi connectivity index (χ4v) is 3.35. The zero-order valence-electron chi connectivity index (χ0n) is 9.77. The summed E-state index contributed by atoms with van der Waals surface area (Å²) in [5.74, 6) is 0. The summed E-state index contributed by atoms with van der Waals surface area (Å²) < 4.78 is 37.4. The molecular formula is C11H15F3N2S. The highest BCUT2D eigenvalue weighted by molar-refractivity contribution is 7.11. The van der Waals surface area contributed by atoms with Crippen molar-refractivity contribution < 1.29 is 13.2 Å². The lowest BCUT2D eigenvalue weighted by Crippen LogP contribution is -2.33. The van der Waals surface area contributed by atoms with Crippen molar-refractivity contribution in [1.82, 2.24) is 4.98 Å². The van der Waals surface area contributed by atoms with Crippen LogP contribution in [0, 0.1) is 5.41 Å². The molecule has 17 heavy (non-hydrogen) atoms. The number of aromatic nitrogens is 1. The van der Waals surface area contributed by atoms with E-state index in [0.717, 1.165) is 12.8 Å². The maximum atomic E-state index is 12.5. The van der Waals surface area contributed by atoms with Crippen LogP contribution in [0.3, 0.4) is 0 Å². The van der Waals surface area contributed by atoms with E-state index >= 15 is 0 Å². The van der Waals surface area contributed by atoms with Gasteiger partial charge in [-0.15, -0.1) is 11.3 Å². The van der Waals surface area contributed by atoms with Crippen molar-refractivity contribution in [2.75, 3.05) is 0 Å². The summed E-state index contributed by atoms with van der Waals surface area (Å²) in [6.07, 6.45) is -0.718. The normalized spacial score (nSPS) is 28.6. The zero-order valence-corrected chi connectivity index (χ0v) is 10.6. The summed E-state index contributed by atoms with van der Waals surface area (Å²) in [6.45, 7) is 4.18. The lowest BCUT2D eigenvalue weighted by Gasteiger charge is -2.24. The molecule has 1 heterocycles.